The number of rotatable bonds is 3. The van der Waals surface area contributed by atoms with Crippen molar-refractivity contribution in [3.63, 3.8) is 0 Å². The normalized spacial score (nSPS) is 18.1. The molecule has 0 spiro atoms. The molecule has 1 unspecified atom stereocenters. The smallest absolute Gasteiger partial charge is 0.259 e. The molecule has 0 bridgehead atoms. The molecule has 5 rings (SSSR count). The average molecular weight is 344 g/mol. The molecule has 1 atom stereocenters. The van der Waals surface area contributed by atoms with E-state index in [-0.39, 0.29) is 5.56 Å². The first-order valence-corrected chi connectivity index (χ1v) is 9.05. The molecule has 5 nitrogen and oxygen atoms in total. The van der Waals surface area contributed by atoms with Gasteiger partial charge in [0.25, 0.3) is 5.56 Å². The van der Waals surface area contributed by atoms with Crippen molar-refractivity contribution in [3.05, 3.63) is 82.3 Å². The van der Waals surface area contributed by atoms with E-state index in [1.807, 2.05) is 34.8 Å². The van der Waals surface area contributed by atoms with Gasteiger partial charge in [-0.05, 0) is 30.7 Å². The van der Waals surface area contributed by atoms with Crippen molar-refractivity contribution in [2.24, 2.45) is 0 Å². The maximum absolute atomic E-state index is 12.3. The monoisotopic (exact) mass is 344 g/mol. The van der Waals surface area contributed by atoms with Crippen molar-refractivity contribution >= 4 is 16.6 Å². The molecule has 1 fully saturated rings. The van der Waals surface area contributed by atoms with Crippen LogP contribution in [0.15, 0.2) is 65.5 Å². The van der Waals surface area contributed by atoms with Gasteiger partial charge in [0, 0.05) is 25.1 Å². The lowest BCUT2D eigenvalue weighted by Gasteiger charge is -2.15. The van der Waals surface area contributed by atoms with E-state index in [1.165, 1.54) is 5.56 Å². The number of hydrogen-bond acceptors (Lipinski definition) is 3. The molecular weight excluding hydrogens is 324 g/mol. The largest absolute Gasteiger partial charge is 0.306 e. The van der Waals surface area contributed by atoms with Gasteiger partial charge in [-0.2, -0.15) is 5.10 Å². The molecule has 1 N–H and O–H groups in total. The van der Waals surface area contributed by atoms with Gasteiger partial charge in [-0.1, -0.05) is 42.5 Å². The quantitative estimate of drug-likeness (QED) is 0.621. The van der Waals surface area contributed by atoms with Gasteiger partial charge in [0.05, 0.1) is 16.6 Å². The summed E-state index contributed by atoms with van der Waals surface area (Å²) >= 11 is 0. The molecule has 0 amide bonds. The van der Waals surface area contributed by atoms with Crippen LogP contribution in [-0.2, 0) is 6.54 Å². The lowest BCUT2D eigenvalue weighted by Crippen LogP contribution is -2.19. The highest BCUT2D eigenvalue weighted by atomic mass is 16.1. The van der Waals surface area contributed by atoms with E-state index in [0.29, 0.717) is 11.3 Å². The Morgan fingerprint density at radius 1 is 1.08 bits per heavy atom. The summed E-state index contributed by atoms with van der Waals surface area (Å²) in [5.74, 6) is 0.404. The zero-order valence-corrected chi connectivity index (χ0v) is 14.4. The molecule has 0 radical (unpaired) electrons. The molecule has 130 valence electrons. The number of likely N-dealkylation sites (tertiary alicyclic amines) is 1. The van der Waals surface area contributed by atoms with Crippen molar-refractivity contribution in [2.75, 3.05) is 13.1 Å². The lowest BCUT2D eigenvalue weighted by atomic mass is 10.1. The van der Waals surface area contributed by atoms with Crippen LogP contribution in [0.2, 0.25) is 0 Å². The number of fused-ring (bicyclic) bond motifs is 3. The molecule has 0 aliphatic carbocycles. The zero-order chi connectivity index (χ0) is 17.5. The molecule has 2 aromatic carbocycles. The van der Waals surface area contributed by atoms with Gasteiger partial charge in [0.2, 0.25) is 0 Å². The number of nitrogens with zero attached hydrogens (tertiary/aromatic N) is 3. The van der Waals surface area contributed by atoms with Gasteiger partial charge < -0.3 is 4.98 Å². The fourth-order valence-electron chi connectivity index (χ4n) is 3.96. The van der Waals surface area contributed by atoms with Gasteiger partial charge in [-0.25, -0.2) is 4.52 Å². The summed E-state index contributed by atoms with van der Waals surface area (Å²) in [7, 11) is 0. The van der Waals surface area contributed by atoms with Gasteiger partial charge in [0.15, 0.2) is 0 Å². The van der Waals surface area contributed by atoms with Crippen LogP contribution < -0.4 is 5.56 Å². The number of H-pyrrole nitrogens is 1. The SMILES string of the molecule is O=c1[nH]c2cc(C3CCN(Cc4ccccc4)C3)nn2c2ccccc12. The fourth-order valence-corrected chi connectivity index (χ4v) is 3.96. The Kier molecular flexibility index (Phi) is 3.60. The Hall–Kier alpha value is -2.92. The molecule has 0 saturated carbocycles. The van der Waals surface area contributed by atoms with Gasteiger partial charge in [0.1, 0.15) is 5.65 Å². The third-order valence-electron chi connectivity index (χ3n) is 5.29. The summed E-state index contributed by atoms with van der Waals surface area (Å²) in [4.78, 5) is 17.7. The van der Waals surface area contributed by atoms with Gasteiger partial charge in [-0.15, -0.1) is 0 Å². The molecule has 4 aromatic rings. The molecular formula is C21H20N4O. The highest BCUT2D eigenvalue weighted by Gasteiger charge is 2.26. The lowest BCUT2D eigenvalue weighted by molar-refractivity contribution is 0.326. The second kappa shape index (κ2) is 6.11. The minimum Gasteiger partial charge on any atom is -0.306 e. The Morgan fingerprint density at radius 2 is 1.88 bits per heavy atom. The van der Waals surface area contributed by atoms with E-state index in [1.54, 1.807) is 0 Å². The summed E-state index contributed by atoms with van der Waals surface area (Å²) in [6.45, 7) is 3.05. The Bertz CT molecular complexity index is 1130. The van der Waals surface area contributed by atoms with E-state index in [0.717, 1.165) is 42.9 Å². The van der Waals surface area contributed by atoms with Crippen LogP contribution in [0.5, 0.6) is 0 Å². The van der Waals surface area contributed by atoms with E-state index < -0.39 is 0 Å². The van der Waals surface area contributed by atoms with Gasteiger partial charge in [-0.3, -0.25) is 9.69 Å². The summed E-state index contributed by atoms with van der Waals surface area (Å²) in [6.07, 6.45) is 1.10. The van der Waals surface area contributed by atoms with Crippen molar-refractivity contribution in [1.29, 1.82) is 0 Å². The highest BCUT2D eigenvalue weighted by Crippen LogP contribution is 2.28. The van der Waals surface area contributed by atoms with Crippen molar-refractivity contribution < 1.29 is 0 Å². The van der Waals surface area contributed by atoms with Crippen LogP contribution >= 0.6 is 0 Å². The summed E-state index contributed by atoms with van der Waals surface area (Å²) in [6, 6.07) is 20.2. The molecule has 2 aromatic heterocycles. The first kappa shape index (κ1) is 15.3. The van der Waals surface area contributed by atoms with Crippen LogP contribution in [0.1, 0.15) is 23.6 Å². The molecule has 1 aliphatic rings. The minimum atomic E-state index is -0.0586. The van der Waals surface area contributed by atoms with Gasteiger partial charge >= 0.3 is 0 Å². The Morgan fingerprint density at radius 3 is 2.77 bits per heavy atom. The van der Waals surface area contributed by atoms with Crippen LogP contribution in [0.3, 0.4) is 0 Å². The topological polar surface area (TPSA) is 53.4 Å². The molecule has 1 aliphatic heterocycles. The Balaban J connectivity index is 1.45. The second-order valence-corrected chi connectivity index (χ2v) is 7.04. The Labute approximate surface area is 150 Å². The number of para-hydroxylation sites is 1. The van der Waals surface area contributed by atoms with Crippen LogP contribution in [-0.4, -0.2) is 32.6 Å². The standard InChI is InChI=1S/C21H20N4O/c26-21-17-8-4-5-9-19(17)25-20(22-21)12-18(23-25)16-10-11-24(14-16)13-15-6-2-1-3-7-15/h1-9,12,16H,10-11,13-14H2,(H,22,26). The maximum Gasteiger partial charge on any atom is 0.259 e. The summed E-state index contributed by atoms with van der Waals surface area (Å²) in [5.41, 5.74) is 3.98. The highest BCUT2D eigenvalue weighted by molar-refractivity contribution is 5.80. The third-order valence-corrected chi connectivity index (χ3v) is 5.29. The third kappa shape index (κ3) is 2.61. The van der Waals surface area contributed by atoms with Crippen LogP contribution in [0.25, 0.3) is 16.6 Å². The number of nitrogens with one attached hydrogen (secondary N) is 1. The van der Waals surface area contributed by atoms with E-state index >= 15 is 0 Å². The van der Waals surface area contributed by atoms with Crippen molar-refractivity contribution in [1.82, 2.24) is 19.5 Å². The first-order chi connectivity index (χ1) is 12.8. The number of aromatic amines is 1. The van der Waals surface area contributed by atoms with E-state index in [4.69, 9.17) is 5.10 Å². The number of aromatic nitrogens is 3. The maximum atomic E-state index is 12.3. The zero-order valence-electron chi connectivity index (χ0n) is 14.4. The minimum absolute atomic E-state index is 0.0586. The molecule has 1 saturated heterocycles. The summed E-state index contributed by atoms with van der Waals surface area (Å²) in [5, 5.41) is 5.50. The van der Waals surface area contributed by atoms with Crippen molar-refractivity contribution in [3.8, 4) is 0 Å². The van der Waals surface area contributed by atoms with Crippen LogP contribution in [0.4, 0.5) is 0 Å². The predicted molar refractivity (Wildman–Crippen MR) is 102 cm³/mol. The van der Waals surface area contributed by atoms with E-state index in [9.17, 15) is 4.79 Å². The number of hydrogen-bond donors (Lipinski definition) is 1. The fraction of sp³-hybridized carbons (Fsp3) is 0.238. The van der Waals surface area contributed by atoms with Crippen LogP contribution in [0, 0.1) is 0 Å². The molecule has 26 heavy (non-hydrogen) atoms. The molecule has 5 heteroatoms. The summed E-state index contributed by atoms with van der Waals surface area (Å²) < 4.78 is 1.87. The van der Waals surface area contributed by atoms with E-state index in [2.05, 4.69) is 40.2 Å². The second-order valence-electron chi connectivity index (χ2n) is 7.04. The predicted octanol–water partition coefficient (Wildman–Crippen LogP) is 3.17. The average Bonchev–Trinajstić information content (AvgIpc) is 3.30. The molecule has 3 heterocycles. The van der Waals surface area contributed by atoms with Crippen molar-refractivity contribution in [2.45, 2.75) is 18.9 Å². The first-order valence-electron chi connectivity index (χ1n) is 9.05. The number of benzene rings is 2.